The minimum absolute atomic E-state index is 0. The van der Waals surface area contributed by atoms with E-state index in [0.29, 0.717) is 5.92 Å². The Kier molecular flexibility index (Phi) is 9.92. The van der Waals surface area contributed by atoms with E-state index < -0.39 is 0 Å². The van der Waals surface area contributed by atoms with Crippen LogP contribution in [-0.4, -0.2) is 0 Å². The molecule has 0 saturated carbocycles. The number of hydrogen-bond donors (Lipinski definition) is 0. The third-order valence-electron chi connectivity index (χ3n) is 0.816. The molecule has 0 amide bonds. The van der Waals surface area contributed by atoms with Gasteiger partial charge in [0, 0.05) is 18.6 Å². The fraction of sp³-hybridized carbons (Fsp3) is 0.500. The Morgan fingerprint density at radius 3 is 1.43 bits per heavy atom. The number of rotatable bonds is 2. The zero-order valence-electron chi connectivity index (χ0n) is 4.56. The Balaban J connectivity index is 0. The van der Waals surface area contributed by atoms with Gasteiger partial charge in [-0.3, -0.25) is 0 Å². The van der Waals surface area contributed by atoms with Crippen LogP contribution in [0.1, 0.15) is 12.8 Å². The van der Waals surface area contributed by atoms with Crippen molar-refractivity contribution in [2.75, 3.05) is 0 Å². The van der Waals surface area contributed by atoms with E-state index in [1.165, 1.54) is 0 Å². The maximum atomic E-state index is 3.75. The molecule has 0 aromatic carbocycles. The molecule has 0 atom stereocenters. The van der Waals surface area contributed by atoms with Crippen molar-refractivity contribution in [3.8, 4) is 0 Å². The first-order valence-corrected chi connectivity index (χ1v) is 2.22. The van der Waals surface area contributed by atoms with Crippen LogP contribution in [0.15, 0.2) is 0 Å². The Labute approximate surface area is 58.6 Å². The van der Waals surface area contributed by atoms with Crippen molar-refractivity contribution in [2.45, 2.75) is 12.8 Å². The van der Waals surface area contributed by atoms with Crippen molar-refractivity contribution >= 4 is 0 Å². The van der Waals surface area contributed by atoms with Crippen LogP contribution in [-0.2, 0) is 18.6 Å². The zero-order valence-corrected chi connectivity index (χ0v) is 5.96. The van der Waals surface area contributed by atoms with Crippen LogP contribution >= 0.6 is 0 Å². The second kappa shape index (κ2) is 6.58. The van der Waals surface area contributed by atoms with Crippen LogP contribution in [0.5, 0.6) is 0 Å². The van der Waals surface area contributed by atoms with Crippen LogP contribution in [0.4, 0.5) is 0 Å². The van der Waals surface area contributed by atoms with Crippen molar-refractivity contribution in [1.29, 1.82) is 0 Å². The van der Waals surface area contributed by atoms with E-state index in [2.05, 4.69) is 20.8 Å². The van der Waals surface area contributed by atoms with Gasteiger partial charge in [0.25, 0.3) is 0 Å². The maximum absolute atomic E-state index is 3.75. The summed E-state index contributed by atoms with van der Waals surface area (Å²) in [6, 6.07) is 0. The second-order valence-electron chi connectivity index (χ2n) is 1.44. The minimum Gasteiger partial charge on any atom is -0.346 e. The average Bonchev–Trinajstić information content (AvgIpc) is 1.65. The van der Waals surface area contributed by atoms with E-state index in [1.54, 1.807) is 0 Å². The van der Waals surface area contributed by atoms with Crippen molar-refractivity contribution < 1.29 is 18.6 Å². The van der Waals surface area contributed by atoms with E-state index in [1.807, 2.05) is 0 Å². The summed E-state index contributed by atoms with van der Waals surface area (Å²) in [6.45, 7) is 11.1. The quantitative estimate of drug-likeness (QED) is 0.506. The fourth-order valence-electron chi connectivity index (χ4n) is 0.144. The molecule has 0 heterocycles. The topological polar surface area (TPSA) is 0 Å². The molecule has 0 aromatic heterocycles. The van der Waals surface area contributed by atoms with E-state index in [4.69, 9.17) is 0 Å². The van der Waals surface area contributed by atoms with Gasteiger partial charge in [-0.2, -0.15) is 0 Å². The normalized spacial score (nSPS) is 8.57. The van der Waals surface area contributed by atoms with Crippen LogP contribution < -0.4 is 0 Å². The summed E-state index contributed by atoms with van der Waals surface area (Å²) in [5.41, 5.74) is 0. The van der Waals surface area contributed by atoms with Crippen molar-refractivity contribution in [3.63, 3.8) is 0 Å². The summed E-state index contributed by atoms with van der Waals surface area (Å²) >= 11 is 0. The molecule has 0 N–H and O–H groups in total. The van der Waals surface area contributed by atoms with Crippen molar-refractivity contribution in [1.82, 2.24) is 0 Å². The van der Waals surface area contributed by atoms with Crippen LogP contribution in [0.3, 0.4) is 0 Å². The summed E-state index contributed by atoms with van der Waals surface area (Å²) in [5, 5.41) is 0. The van der Waals surface area contributed by atoms with Gasteiger partial charge in [0.2, 0.25) is 0 Å². The molecule has 0 aromatic rings. The second-order valence-corrected chi connectivity index (χ2v) is 1.44. The summed E-state index contributed by atoms with van der Waals surface area (Å²) in [4.78, 5) is 0. The fourth-order valence-corrected chi connectivity index (χ4v) is 0.144. The first kappa shape index (κ1) is 10.5. The summed E-state index contributed by atoms with van der Waals surface area (Å²) in [6.07, 6.45) is 1.81. The maximum Gasteiger partial charge on any atom is 0 e. The molecule has 1 heteroatoms. The van der Waals surface area contributed by atoms with Gasteiger partial charge in [0.15, 0.2) is 0 Å². The largest absolute Gasteiger partial charge is 0.346 e. The Morgan fingerprint density at radius 1 is 1.14 bits per heavy atom. The molecule has 0 saturated heterocycles. The standard InChI is InChI=1S/C6H11.V/c1-4-6(3)5-2;/h6H,1-5H2;/q-3;. The minimum atomic E-state index is 0. The monoisotopic (exact) mass is 134 g/mol. The molecule has 0 spiro atoms. The predicted octanol–water partition coefficient (Wildman–Crippen LogP) is 1.88. The summed E-state index contributed by atoms with van der Waals surface area (Å²) < 4.78 is 0. The first-order valence-electron chi connectivity index (χ1n) is 2.22. The van der Waals surface area contributed by atoms with Crippen molar-refractivity contribution in [3.05, 3.63) is 20.8 Å². The molecular formula is C6H11V-3. The van der Waals surface area contributed by atoms with Gasteiger partial charge >= 0.3 is 0 Å². The van der Waals surface area contributed by atoms with Crippen LogP contribution in [0.25, 0.3) is 0 Å². The molecule has 0 rings (SSSR count). The van der Waals surface area contributed by atoms with Gasteiger partial charge in [-0.1, -0.05) is 0 Å². The molecule has 7 heavy (non-hydrogen) atoms. The Bertz CT molecular complexity index is 23.4. The molecule has 43 valence electrons. The van der Waals surface area contributed by atoms with E-state index in [9.17, 15) is 0 Å². The third kappa shape index (κ3) is 6.58. The molecule has 0 unspecified atom stereocenters. The molecule has 0 nitrogen and oxygen atoms in total. The zero-order chi connectivity index (χ0) is 4.99. The van der Waals surface area contributed by atoms with Gasteiger partial charge in [0.05, 0.1) is 0 Å². The summed E-state index contributed by atoms with van der Waals surface area (Å²) in [7, 11) is 0. The van der Waals surface area contributed by atoms with Gasteiger partial charge < -0.3 is 20.8 Å². The molecular weight excluding hydrogens is 123 g/mol. The first-order chi connectivity index (χ1) is 2.81. The van der Waals surface area contributed by atoms with Gasteiger partial charge in [-0.05, 0) is 0 Å². The predicted molar refractivity (Wildman–Crippen MR) is 28.8 cm³/mol. The molecule has 0 aliphatic rings. The third-order valence-corrected chi connectivity index (χ3v) is 0.816. The smallest absolute Gasteiger partial charge is 0 e. The summed E-state index contributed by atoms with van der Waals surface area (Å²) in [5.74, 6) is 0.463. The van der Waals surface area contributed by atoms with E-state index in [0.717, 1.165) is 12.8 Å². The van der Waals surface area contributed by atoms with Crippen molar-refractivity contribution in [2.24, 2.45) is 5.92 Å². The van der Waals surface area contributed by atoms with Gasteiger partial charge in [-0.25, -0.2) is 18.8 Å². The molecule has 0 aliphatic carbocycles. The molecule has 0 aliphatic heterocycles. The number of hydrogen-bond acceptors (Lipinski definition) is 0. The molecule has 0 fully saturated rings. The van der Waals surface area contributed by atoms with Crippen LogP contribution in [0, 0.1) is 26.7 Å². The average molecular weight is 134 g/mol. The van der Waals surface area contributed by atoms with E-state index in [-0.39, 0.29) is 18.6 Å². The van der Waals surface area contributed by atoms with Gasteiger partial charge in [0.1, 0.15) is 0 Å². The van der Waals surface area contributed by atoms with Crippen LogP contribution in [0.2, 0.25) is 0 Å². The molecule has 0 bridgehead atoms. The van der Waals surface area contributed by atoms with Gasteiger partial charge in [-0.15, -0.1) is 0 Å². The Hall–Kier alpha value is 0.584. The molecule has 1 radical (unpaired) electrons. The Morgan fingerprint density at radius 2 is 1.43 bits per heavy atom. The SMILES string of the molecule is [CH2-]CC([CH2-])C[CH2-].[V]. The van der Waals surface area contributed by atoms with E-state index >= 15 is 0 Å².